The van der Waals surface area contributed by atoms with E-state index in [2.05, 4.69) is 12.2 Å². The van der Waals surface area contributed by atoms with Crippen LogP contribution in [0.5, 0.6) is 5.75 Å². The van der Waals surface area contributed by atoms with Crippen LogP contribution < -0.4 is 10.1 Å². The van der Waals surface area contributed by atoms with Gasteiger partial charge in [0.05, 0.1) is 7.11 Å². The zero-order valence-electron chi connectivity index (χ0n) is 11.9. The highest BCUT2D eigenvalue weighted by molar-refractivity contribution is 5.65. The van der Waals surface area contributed by atoms with E-state index in [1.165, 1.54) is 13.2 Å². The van der Waals surface area contributed by atoms with Gasteiger partial charge in [-0.15, -0.1) is 0 Å². The summed E-state index contributed by atoms with van der Waals surface area (Å²) in [4.78, 5) is 0. The molecule has 3 heteroatoms. The van der Waals surface area contributed by atoms with Gasteiger partial charge in [0.15, 0.2) is 0 Å². The maximum atomic E-state index is 14.1. The van der Waals surface area contributed by atoms with Crippen molar-refractivity contribution in [3.05, 3.63) is 53.8 Å². The molecule has 0 saturated heterocycles. The first kappa shape index (κ1) is 14.5. The maximum Gasteiger partial charge on any atom is 0.134 e. The van der Waals surface area contributed by atoms with Crippen LogP contribution in [0.1, 0.15) is 18.9 Å². The molecule has 2 aromatic rings. The van der Waals surface area contributed by atoms with E-state index in [1.807, 2.05) is 24.3 Å². The fraction of sp³-hybridized carbons (Fsp3) is 0.294. The third-order valence-corrected chi connectivity index (χ3v) is 3.17. The van der Waals surface area contributed by atoms with Crippen molar-refractivity contribution in [1.82, 2.24) is 5.32 Å². The first-order chi connectivity index (χ1) is 9.74. The van der Waals surface area contributed by atoms with Crippen LogP contribution in [0.25, 0.3) is 11.1 Å². The van der Waals surface area contributed by atoms with Gasteiger partial charge in [0.25, 0.3) is 0 Å². The lowest BCUT2D eigenvalue weighted by molar-refractivity contribution is 0.411. The number of benzene rings is 2. The summed E-state index contributed by atoms with van der Waals surface area (Å²) in [6, 6.07) is 12.9. The van der Waals surface area contributed by atoms with E-state index >= 15 is 0 Å². The molecule has 0 aliphatic carbocycles. The van der Waals surface area contributed by atoms with E-state index in [1.54, 1.807) is 12.1 Å². The summed E-state index contributed by atoms with van der Waals surface area (Å²) >= 11 is 0. The second kappa shape index (κ2) is 7.06. The molecule has 0 unspecified atom stereocenters. The molecule has 0 aliphatic heterocycles. The van der Waals surface area contributed by atoms with Crippen LogP contribution in [-0.4, -0.2) is 13.7 Å². The van der Waals surface area contributed by atoms with Gasteiger partial charge in [0.1, 0.15) is 11.6 Å². The molecule has 0 aromatic heterocycles. The van der Waals surface area contributed by atoms with E-state index in [-0.39, 0.29) is 5.82 Å². The van der Waals surface area contributed by atoms with Crippen LogP contribution in [0.15, 0.2) is 42.5 Å². The topological polar surface area (TPSA) is 21.3 Å². The summed E-state index contributed by atoms with van der Waals surface area (Å²) in [5.41, 5.74) is 2.65. The number of rotatable bonds is 6. The molecule has 0 saturated carbocycles. The van der Waals surface area contributed by atoms with Crippen molar-refractivity contribution in [2.75, 3.05) is 13.7 Å². The largest absolute Gasteiger partial charge is 0.497 e. The molecule has 0 amide bonds. The smallest absolute Gasteiger partial charge is 0.134 e. The van der Waals surface area contributed by atoms with Crippen molar-refractivity contribution >= 4 is 0 Å². The summed E-state index contributed by atoms with van der Waals surface area (Å²) in [7, 11) is 1.54. The fourth-order valence-corrected chi connectivity index (χ4v) is 2.12. The van der Waals surface area contributed by atoms with Gasteiger partial charge in [-0.1, -0.05) is 25.1 Å². The Hall–Kier alpha value is -1.87. The van der Waals surface area contributed by atoms with E-state index in [0.717, 1.165) is 30.6 Å². The normalized spacial score (nSPS) is 10.6. The summed E-state index contributed by atoms with van der Waals surface area (Å²) in [6.45, 7) is 3.93. The van der Waals surface area contributed by atoms with Crippen LogP contribution in [0.2, 0.25) is 0 Å². The highest BCUT2D eigenvalue weighted by Gasteiger charge is 2.07. The van der Waals surface area contributed by atoms with Gasteiger partial charge in [-0.25, -0.2) is 4.39 Å². The predicted octanol–water partition coefficient (Wildman–Crippen LogP) is 4.00. The lowest BCUT2D eigenvalue weighted by Gasteiger charge is -2.08. The Morgan fingerprint density at radius 3 is 2.70 bits per heavy atom. The molecule has 20 heavy (non-hydrogen) atoms. The molecule has 0 atom stereocenters. The lowest BCUT2D eigenvalue weighted by atomic mass is 10.0. The minimum atomic E-state index is -0.261. The quantitative estimate of drug-likeness (QED) is 0.803. The molecule has 0 fully saturated rings. The van der Waals surface area contributed by atoms with Gasteiger partial charge >= 0.3 is 0 Å². The Balaban J connectivity index is 2.22. The van der Waals surface area contributed by atoms with Crippen molar-refractivity contribution in [1.29, 1.82) is 0 Å². The Morgan fingerprint density at radius 1 is 1.15 bits per heavy atom. The molecule has 1 N–H and O–H groups in total. The van der Waals surface area contributed by atoms with E-state index < -0.39 is 0 Å². The van der Waals surface area contributed by atoms with Crippen molar-refractivity contribution in [2.24, 2.45) is 0 Å². The van der Waals surface area contributed by atoms with Crippen molar-refractivity contribution < 1.29 is 9.13 Å². The lowest BCUT2D eigenvalue weighted by Crippen LogP contribution is -2.13. The first-order valence-corrected chi connectivity index (χ1v) is 6.88. The molecule has 0 radical (unpaired) electrons. The van der Waals surface area contributed by atoms with Gasteiger partial charge in [0, 0.05) is 18.2 Å². The monoisotopic (exact) mass is 273 g/mol. The maximum absolute atomic E-state index is 14.1. The number of hydrogen-bond donors (Lipinski definition) is 1. The number of nitrogens with one attached hydrogen (secondary N) is 1. The van der Waals surface area contributed by atoms with Crippen molar-refractivity contribution in [2.45, 2.75) is 19.9 Å². The molecule has 2 nitrogen and oxygen atoms in total. The average Bonchev–Trinajstić information content (AvgIpc) is 2.47. The predicted molar refractivity (Wildman–Crippen MR) is 80.4 cm³/mol. The first-order valence-electron chi connectivity index (χ1n) is 6.88. The van der Waals surface area contributed by atoms with Gasteiger partial charge < -0.3 is 10.1 Å². The summed E-state index contributed by atoms with van der Waals surface area (Å²) in [5.74, 6) is 0.273. The summed E-state index contributed by atoms with van der Waals surface area (Å²) in [6.07, 6.45) is 1.10. The third kappa shape index (κ3) is 3.58. The molecular weight excluding hydrogens is 253 g/mol. The second-order valence-corrected chi connectivity index (χ2v) is 4.72. The van der Waals surface area contributed by atoms with Gasteiger partial charge in [-0.2, -0.15) is 0 Å². The molecule has 2 aromatic carbocycles. The van der Waals surface area contributed by atoms with Crippen LogP contribution in [0.4, 0.5) is 4.39 Å². The summed E-state index contributed by atoms with van der Waals surface area (Å²) < 4.78 is 19.1. The van der Waals surface area contributed by atoms with Crippen molar-refractivity contribution in [3.63, 3.8) is 0 Å². The fourth-order valence-electron chi connectivity index (χ4n) is 2.12. The van der Waals surface area contributed by atoms with Crippen molar-refractivity contribution in [3.8, 4) is 16.9 Å². The van der Waals surface area contributed by atoms with Crippen LogP contribution >= 0.6 is 0 Å². The average molecular weight is 273 g/mol. The van der Waals surface area contributed by atoms with E-state index in [9.17, 15) is 4.39 Å². The van der Waals surface area contributed by atoms with E-state index in [0.29, 0.717) is 11.3 Å². The molecule has 106 valence electrons. The Labute approximate surface area is 119 Å². The Kier molecular flexibility index (Phi) is 5.13. The molecule has 0 heterocycles. The number of methoxy groups -OCH3 is 1. The molecule has 0 bridgehead atoms. The zero-order chi connectivity index (χ0) is 14.4. The minimum Gasteiger partial charge on any atom is -0.497 e. The Bertz CT molecular complexity index is 569. The Morgan fingerprint density at radius 2 is 2.00 bits per heavy atom. The highest BCUT2D eigenvalue weighted by Crippen LogP contribution is 2.26. The number of hydrogen-bond acceptors (Lipinski definition) is 2. The van der Waals surface area contributed by atoms with Crippen LogP contribution in [0.3, 0.4) is 0 Å². The summed E-state index contributed by atoms with van der Waals surface area (Å²) in [5, 5.41) is 3.35. The third-order valence-electron chi connectivity index (χ3n) is 3.17. The molecule has 0 aliphatic rings. The SMILES string of the molecule is CCCNCc1cccc(-c2ccc(OC)cc2F)c1. The second-order valence-electron chi connectivity index (χ2n) is 4.72. The van der Waals surface area contributed by atoms with Crippen LogP contribution in [-0.2, 0) is 6.54 Å². The van der Waals surface area contributed by atoms with Crippen LogP contribution in [0, 0.1) is 5.82 Å². The number of halogens is 1. The molecule has 0 spiro atoms. The van der Waals surface area contributed by atoms with Gasteiger partial charge in [0.2, 0.25) is 0 Å². The standard InChI is InChI=1S/C17H20FNO/c1-3-9-19-12-13-5-4-6-14(10-13)16-8-7-15(20-2)11-17(16)18/h4-8,10-11,19H,3,9,12H2,1-2H3. The zero-order valence-corrected chi connectivity index (χ0v) is 11.9. The highest BCUT2D eigenvalue weighted by atomic mass is 19.1. The molecular formula is C17H20FNO. The molecule has 2 rings (SSSR count). The van der Waals surface area contributed by atoms with Gasteiger partial charge in [-0.05, 0) is 42.3 Å². The number of ether oxygens (including phenoxy) is 1. The van der Waals surface area contributed by atoms with E-state index in [4.69, 9.17) is 4.74 Å². The van der Waals surface area contributed by atoms with Gasteiger partial charge in [-0.3, -0.25) is 0 Å². The minimum absolute atomic E-state index is 0.261.